The third-order valence-electron chi connectivity index (χ3n) is 5.07. The molecular formula is C22H24N4O4S. The largest absolute Gasteiger partial charge is 0.473 e. The molecule has 1 aliphatic heterocycles. The van der Waals surface area contributed by atoms with Crippen LogP contribution in [0, 0.1) is 0 Å². The van der Waals surface area contributed by atoms with Crippen LogP contribution in [0.2, 0.25) is 0 Å². The van der Waals surface area contributed by atoms with Gasteiger partial charge in [0.2, 0.25) is 15.9 Å². The van der Waals surface area contributed by atoms with Gasteiger partial charge in [0.05, 0.1) is 24.1 Å². The molecule has 0 radical (unpaired) electrons. The van der Waals surface area contributed by atoms with Gasteiger partial charge in [0.25, 0.3) is 0 Å². The smallest absolute Gasteiger partial charge is 0.242 e. The molecule has 162 valence electrons. The number of pyridine rings is 1. The number of aromatic nitrogens is 3. The Morgan fingerprint density at radius 3 is 2.71 bits per heavy atom. The van der Waals surface area contributed by atoms with Crippen molar-refractivity contribution in [3.05, 3.63) is 54.9 Å². The molecule has 3 heterocycles. The summed E-state index contributed by atoms with van der Waals surface area (Å²) in [5.41, 5.74) is 4.88. The van der Waals surface area contributed by atoms with E-state index in [-0.39, 0.29) is 13.2 Å². The van der Waals surface area contributed by atoms with Crippen LogP contribution >= 0.6 is 0 Å². The van der Waals surface area contributed by atoms with Gasteiger partial charge in [-0.2, -0.15) is 4.31 Å². The fourth-order valence-electron chi connectivity index (χ4n) is 3.38. The zero-order valence-electron chi connectivity index (χ0n) is 17.5. The van der Waals surface area contributed by atoms with Crippen LogP contribution < -0.4 is 4.74 Å². The number of hydrogen-bond donors (Lipinski definition) is 0. The molecule has 1 fully saturated rings. The van der Waals surface area contributed by atoms with Crippen molar-refractivity contribution < 1.29 is 17.9 Å². The van der Waals surface area contributed by atoms with Gasteiger partial charge in [-0.1, -0.05) is 36.4 Å². The fraction of sp³-hybridized carbons (Fsp3) is 0.318. The van der Waals surface area contributed by atoms with Crippen molar-refractivity contribution in [2.24, 2.45) is 0 Å². The van der Waals surface area contributed by atoms with Gasteiger partial charge >= 0.3 is 0 Å². The molecule has 1 atom stereocenters. The predicted octanol–water partition coefficient (Wildman–Crippen LogP) is 2.76. The first-order chi connectivity index (χ1) is 14.8. The van der Waals surface area contributed by atoms with E-state index in [4.69, 9.17) is 9.47 Å². The van der Waals surface area contributed by atoms with Crippen LogP contribution in [-0.4, -0.2) is 66.3 Å². The Morgan fingerprint density at radius 1 is 1.26 bits per heavy atom. The summed E-state index contributed by atoms with van der Waals surface area (Å²) in [5, 5.41) is 0. The molecule has 0 N–H and O–H groups in total. The fourth-order valence-corrected chi connectivity index (χ4v) is 4.23. The summed E-state index contributed by atoms with van der Waals surface area (Å²) >= 11 is 0. The molecule has 0 bridgehead atoms. The van der Waals surface area contributed by atoms with Crippen LogP contribution in [0.25, 0.3) is 27.9 Å². The maximum atomic E-state index is 11.8. The van der Waals surface area contributed by atoms with Crippen molar-refractivity contribution in [2.75, 3.05) is 32.6 Å². The van der Waals surface area contributed by atoms with Crippen LogP contribution in [0.1, 0.15) is 12.5 Å². The highest BCUT2D eigenvalue weighted by molar-refractivity contribution is 7.88. The Hall–Kier alpha value is -2.88. The second-order valence-corrected chi connectivity index (χ2v) is 9.50. The lowest BCUT2D eigenvalue weighted by Crippen LogP contribution is -2.47. The SMILES string of the molecule is C=C(C)c1ccc(-c2cc3nccnc3c(OC[C@@H]3CN(S(C)(=O)=O)CCO3)n2)cc1. The van der Waals surface area contributed by atoms with Gasteiger partial charge in [0, 0.05) is 31.0 Å². The minimum Gasteiger partial charge on any atom is -0.473 e. The number of sulfonamides is 1. The number of hydrogen-bond acceptors (Lipinski definition) is 7. The quantitative estimate of drug-likeness (QED) is 0.582. The van der Waals surface area contributed by atoms with Gasteiger partial charge < -0.3 is 9.47 Å². The van der Waals surface area contributed by atoms with E-state index in [2.05, 4.69) is 21.5 Å². The summed E-state index contributed by atoms with van der Waals surface area (Å²) in [6, 6.07) is 9.82. The third kappa shape index (κ3) is 4.90. The summed E-state index contributed by atoms with van der Waals surface area (Å²) < 4.78 is 36.7. The first-order valence-electron chi connectivity index (χ1n) is 9.89. The number of fused-ring (bicyclic) bond motifs is 1. The standard InChI is InChI=1S/C22H24N4O4S/c1-15(2)16-4-6-17(7-5-16)19-12-20-21(24-9-8-23-20)22(25-19)30-14-18-13-26(10-11-29-18)31(3,27)28/h4-9,12,18H,1,10-11,13-14H2,2-3H3/t18-/m0/s1. The predicted molar refractivity (Wildman–Crippen MR) is 119 cm³/mol. The van der Waals surface area contributed by atoms with Crippen LogP contribution in [0.3, 0.4) is 0 Å². The van der Waals surface area contributed by atoms with Crippen molar-refractivity contribution in [3.63, 3.8) is 0 Å². The molecule has 31 heavy (non-hydrogen) atoms. The van der Waals surface area contributed by atoms with Crippen LogP contribution in [0.15, 0.2) is 49.3 Å². The average molecular weight is 441 g/mol. The summed E-state index contributed by atoms with van der Waals surface area (Å²) in [5.74, 6) is 0.338. The Balaban J connectivity index is 1.60. The molecule has 3 aromatic rings. The maximum absolute atomic E-state index is 11.8. The molecule has 0 unspecified atom stereocenters. The van der Waals surface area contributed by atoms with Crippen molar-refractivity contribution in [1.29, 1.82) is 0 Å². The lowest BCUT2D eigenvalue weighted by molar-refractivity contribution is -0.0252. The van der Waals surface area contributed by atoms with Crippen molar-refractivity contribution in [1.82, 2.24) is 19.3 Å². The molecule has 8 nitrogen and oxygen atoms in total. The lowest BCUT2D eigenvalue weighted by atomic mass is 10.0. The third-order valence-corrected chi connectivity index (χ3v) is 6.34. The Bertz CT molecular complexity index is 1210. The first-order valence-corrected chi connectivity index (χ1v) is 11.7. The second kappa shape index (κ2) is 8.70. The zero-order valence-corrected chi connectivity index (χ0v) is 18.3. The van der Waals surface area contributed by atoms with E-state index in [1.165, 1.54) is 10.6 Å². The van der Waals surface area contributed by atoms with Gasteiger partial charge in [0.1, 0.15) is 12.7 Å². The number of allylic oxidation sites excluding steroid dienone is 1. The van der Waals surface area contributed by atoms with Crippen LogP contribution in [0.4, 0.5) is 0 Å². The minimum atomic E-state index is -3.28. The number of ether oxygens (including phenoxy) is 2. The number of nitrogens with zero attached hydrogens (tertiary/aromatic N) is 4. The number of benzene rings is 1. The van der Waals surface area contributed by atoms with E-state index >= 15 is 0 Å². The molecule has 2 aromatic heterocycles. The summed E-state index contributed by atoms with van der Waals surface area (Å²) in [6.45, 7) is 6.99. The van der Waals surface area contributed by atoms with Crippen LogP contribution in [-0.2, 0) is 14.8 Å². The highest BCUT2D eigenvalue weighted by Gasteiger charge is 2.27. The van der Waals surface area contributed by atoms with Gasteiger partial charge in [-0.25, -0.2) is 18.4 Å². The molecule has 1 aromatic carbocycles. The highest BCUT2D eigenvalue weighted by Crippen LogP contribution is 2.28. The molecule has 9 heteroatoms. The van der Waals surface area contributed by atoms with Crippen molar-refractivity contribution in [3.8, 4) is 17.1 Å². The molecule has 1 saturated heterocycles. The normalized spacial score (nSPS) is 17.5. The van der Waals surface area contributed by atoms with Gasteiger partial charge in [-0.3, -0.25) is 4.98 Å². The van der Waals surface area contributed by atoms with Crippen molar-refractivity contribution in [2.45, 2.75) is 13.0 Å². The van der Waals surface area contributed by atoms with E-state index in [1.54, 1.807) is 12.4 Å². The average Bonchev–Trinajstić information content (AvgIpc) is 2.77. The summed E-state index contributed by atoms with van der Waals surface area (Å²) in [7, 11) is -3.28. The Labute approximate surface area is 181 Å². The van der Waals surface area contributed by atoms with Gasteiger partial charge in [-0.05, 0) is 18.6 Å². The lowest BCUT2D eigenvalue weighted by Gasteiger charge is -2.30. The monoisotopic (exact) mass is 440 g/mol. The minimum absolute atomic E-state index is 0.156. The van der Waals surface area contributed by atoms with E-state index in [0.29, 0.717) is 35.8 Å². The maximum Gasteiger partial charge on any atom is 0.242 e. The number of morpholine rings is 1. The van der Waals surface area contributed by atoms with E-state index < -0.39 is 16.1 Å². The van der Waals surface area contributed by atoms with Crippen LogP contribution in [0.5, 0.6) is 5.88 Å². The summed E-state index contributed by atoms with van der Waals surface area (Å²) in [6.07, 6.45) is 4.01. The molecule has 4 rings (SSSR count). The molecule has 0 aliphatic carbocycles. The molecule has 1 aliphatic rings. The zero-order chi connectivity index (χ0) is 22.0. The van der Waals surface area contributed by atoms with E-state index in [1.807, 2.05) is 37.3 Å². The second-order valence-electron chi connectivity index (χ2n) is 7.52. The molecule has 0 amide bonds. The highest BCUT2D eigenvalue weighted by atomic mass is 32.2. The topological polar surface area (TPSA) is 94.5 Å². The Kier molecular flexibility index (Phi) is 5.99. The first kappa shape index (κ1) is 21.4. The molecule has 0 spiro atoms. The Morgan fingerprint density at radius 2 is 2.00 bits per heavy atom. The van der Waals surface area contributed by atoms with E-state index in [9.17, 15) is 8.42 Å². The summed E-state index contributed by atoms with van der Waals surface area (Å²) in [4.78, 5) is 13.4. The van der Waals surface area contributed by atoms with Gasteiger partial charge in [-0.15, -0.1) is 0 Å². The molecular weight excluding hydrogens is 416 g/mol. The van der Waals surface area contributed by atoms with E-state index in [0.717, 1.165) is 16.7 Å². The molecule has 0 saturated carbocycles. The van der Waals surface area contributed by atoms with Gasteiger partial charge in [0.15, 0.2) is 5.52 Å². The van der Waals surface area contributed by atoms with Crippen molar-refractivity contribution >= 4 is 26.6 Å². The number of rotatable bonds is 6.